The molecule has 2 rings (SSSR count). The fourth-order valence-electron chi connectivity index (χ4n) is 2.65. The highest BCUT2D eigenvalue weighted by Gasteiger charge is 2.31. The Bertz CT molecular complexity index is 388. The molecule has 88 valence electrons. The molecule has 3 heteroatoms. The summed E-state index contributed by atoms with van der Waals surface area (Å²) in [7, 11) is 0. The predicted molar refractivity (Wildman–Crippen MR) is 66.2 cm³/mol. The summed E-state index contributed by atoms with van der Waals surface area (Å²) >= 11 is 0. The van der Waals surface area contributed by atoms with Crippen LogP contribution in [0.2, 0.25) is 0 Å². The van der Waals surface area contributed by atoms with Gasteiger partial charge in [0.2, 0.25) is 0 Å². The summed E-state index contributed by atoms with van der Waals surface area (Å²) in [4.78, 5) is 2.28. The number of aliphatic hydroxyl groups is 1. The number of hydrogen-bond donors (Lipinski definition) is 2. The Labute approximate surface area is 96.9 Å². The van der Waals surface area contributed by atoms with Crippen molar-refractivity contribution in [3.63, 3.8) is 0 Å². The first-order valence-electron chi connectivity index (χ1n) is 5.75. The van der Waals surface area contributed by atoms with Crippen molar-refractivity contribution in [3.05, 3.63) is 29.3 Å². The van der Waals surface area contributed by atoms with Gasteiger partial charge < -0.3 is 10.8 Å². The van der Waals surface area contributed by atoms with Gasteiger partial charge in [-0.1, -0.05) is 19.9 Å². The Kier molecular flexibility index (Phi) is 2.91. The maximum atomic E-state index is 9.02. The molecule has 16 heavy (non-hydrogen) atoms. The Morgan fingerprint density at radius 1 is 1.44 bits per heavy atom. The summed E-state index contributed by atoms with van der Waals surface area (Å²) in [6, 6.07) is 6.17. The van der Waals surface area contributed by atoms with Crippen molar-refractivity contribution < 1.29 is 5.11 Å². The van der Waals surface area contributed by atoms with E-state index >= 15 is 0 Å². The largest absolute Gasteiger partial charge is 0.399 e. The first-order chi connectivity index (χ1) is 7.53. The van der Waals surface area contributed by atoms with E-state index in [9.17, 15) is 0 Å². The Balaban J connectivity index is 2.35. The molecule has 0 saturated heterocycles. The third-order valence-corrected chi connectivity index (χ3v) is 3.29. The highest BCUT2D eigenvalue weighted by molar-refractivity contribution is 5.48. The van der Waals surface area contributed by atoms with Gasteiger partial charge in [0, 0.05) is 30.7 Å². The van der Waals surface area contributed by atoms with Gasteiger partial charge >= 0.3 is 0 Å². The summed E-state index contributed by atoms with van der Waals surface area (Å²) in [6.45, 7) is 7.32. The van der Waals surface area contributed by atoms with E-state index in [1.54, 1.807) is 0 Å². The van der Waals surface area contributed by atoms with Crippen LogP contribution in [0.1, 0.15) is 25.0 Å². The van der Waals surface area contributed by atoms with Gasteiger partial charge in [-0.25, -0.2) is 0 Å². The highest BCUT2D eigenvalue weighted by atomic mass is 16.3. The Morgan fingerprint density at radius 3 is 2.88 bits per heavy atom. The van der Waals surface area contributed by atoms with Gasteiger partial charge in [0.05, 0.1) is 6.61 Å². The quantitative estimate of drug-likeness (QED) is 0.740. The van der Waals surface area contributed by atoms with Crippen molar-refractivity contribution in [1.82, 2.24) is 4.90 Å². The molecule has 0 fully saturated rings. The van der Waals surface area contributed by atoms with Crippen molar-refractivity contribution in [1.29, 1.82) is 0 Å². The molecule has 0 atom stereocenters. The Morgan fingerprint density at radius 2 is 2.19 bits per heavy atom. The lowest BCUT2D eigenvalue weighted by atomic mass is 9.78. The van der Waals surface area contributed by atoms with Crippen LogP contribution in [0.4, 0.5) is 5.69 Å². The van der Waals surface area contributed by atoms with Gasteiger partial charge in [-0.2, -0.15) is 0 Å². The first-order valence-corrected chi connectivity index (χ1v) is 5.75. The number of aliphatic hydroxyl groups excluding tert-OH is 1. The summed E-state index contributed by atoms with van der Waals surface area (Å²) < 4.78 is 0. The minimum absolute atomic E-state index is 0.135. The molecule has 0 amide bonds. The van der Waals surface area contributed by atoms with E-state index in [-0.39, 0.29) is 12.0 Å². The summed E-state index contributed by atoms with van der Waals surface area (Å²) in [6.07, 6.45) is 0. The second-order valence-corrected chi connectivity index (χ2v) is 5.23. The van der Waals surface area contributed by atoms with Crippen LogP contribution >= 0.6 is 0 Å². The lowest BCUT2D eigenvalue weighted by molar-refractivity contribution is 0.151. The SMILES string of the molecule is CC1(C)CN(CCO)Cc2cc(N)ccc21. The fraction of sp³-hybridized carbons (Fsp3) is 0.538. The number of β-amino-alcohol motifs (C(OH)–C–C–N with tert-alkyl or cyclic N) is 1. The predicted octanol–water partition coefficient (Wildman–Crippen LogP) is 1.35. The van der Waals surface area contributed by atoms with E-state index in [4.69, 9.17) is 10.8 Å². The van der Waals surface area contributed by atoms with Crippen molar-refractivity contribution >= 4 is 5.69 Å². The monoisotopic (exact) mass is 220 g/mol. The van der Waals surface area contributed by atoms with Crippen molar-refractivity contribution in [2.45, 2.75) is 25.8 Å². The van der Waals surface area contributed by atoms with E-state index in [0.717, 1.165) is 25.3 Å². The third kappa shape index (κ3) is 2.06. The molecule has 1 aromatic carbocycles. The molecule has 3 nitrogen and oxygen atoms in total. The van der Waals surface area contributed by atoms with Crippen LogP contribution in [0.25, 0.3) is 0 Å². The standard InChI is InChI=1S/C13H20N2O/c1-13(2)9-15(5-6-16)8-10-7-11(14)3-4-12(10)13/h3-4,7,16H,5-6,8-9,14H2,1-2H3. The number of benzene rings is 1. The second kappa shape index (κ2) is 4.07. The number of nitrogens with zero attached hydrogens (tertiary/aromatic N) is 1. The summed E-state index contributed by atoms with van der Waals surface area (Å²) in [5.74, 6) is 0. The molecule has 3 N–H and O–H groups in total. The zero-order valence-corrected chi connectivity index (χ0v) is 10.0. The second-order valence-electron chi connectivity index (χ2n) is 5.23. The zero-order chi connectivity index (χ0) is 11.8. The molecule has 0 radical (unpaired) electrons. The molecule has 1 aliphatic rings. The van der Waals surface area contributed by atoms with Crippen LogP contribution in [0.3, 0.4) is 0 Å². The third-order valence-electron chi connectivity index (χ3n) is 3.29. The van der Waals surface area contributed by atoms with Crippen LogP contribution in [-0.4, -0.2) is 29.7 Å². The number of nitrogens with two attached hydrogens (primary N) is 1. The zero-order valence-electron chi connectivity index (χ0n) is 10.0. The van der Waals surface area contributed by atoms with Crippen molar-refractivity contribution in [2.75, 3.05) is 25.4 Å². The fourth-order valence-corrected chi connectivity index (χ4v) is 2.65. The number of fused-ring (bicyclic) bond motifs is 1. The van der Waals surface area contributed by atoms with E-state index in [0.29, 0.717) is 0 Å². The molecule has 1 heterocycles. The first kappa shape index (κ1) is 11.4. The van der Waals surface area contributed by atoms with Gasteiger partial charge in [0.25, 0.3) is 0 Å². The van der Waals surface area contributed by atoms with Crippen LogP contribution in [0, 0.1) is 0 Å². The summed E-state index contributed by atoms with van der Waals surface area (Å²) in [5, 5.41) is 9.02. The van der Waals surface area contributed by atoms with Crippen molar-refractivity contribution in [2.24, 2.45) is 0 Å². The molecule has 1 aliphatic heterocycles. The molecule has 1 aromatic rings. The Hall–Kier alpha value is -1.06. The maximum Gasteiger partial charge on any atom is 0.0558 e. The molecular formula is C13H20N2O. The van der Waals surface area contributed by atoms with Gasteiger partial charge in [-0.05, 0) is 23.3 Å². The normalized spacial score (nSPS) is 19.4. The molecule has 0 saturated carbocycles. The average Bonchev–Trinajstić information content (AvgIpc) is 2.15. The molecule has 0 aromatic heterocycles. The average molecular weight is 220 g/mol. The number of anilines is 1. The molecule has 0 bridgehead atoms. The highest BCUT2D eigenvalue weighted by Crippen LogP contribution is 2.33. The lowest BCUT2D eigenvalue weighted by Gasteiger charge is -2.39. The lowest BCUT2D eigenvalue weighted by Crippen LogP contribution is -2.43. The van der Waals surface area contributed by atoms with Crippen molar-refractivity contribution in [3.8, 4) is 0 Å². The smallest absolute Gasteiger partial charge is 0.0558 e. The number of nitrogen functional groups attached to an aromatic ring is 1. The molecule has 0 unspecified atom stereocenters. The van der Waals surface area contributed by atoms with E-state index in [1.165, 1.54) is 11.1 Å². The topological polar surface area (TPSA) is 49.5 Å². The van der Waals surface area contributed by atoms with E-state index in [2.05, 4.69) is 30.9 Å². The van der Waals surface area contributed by atoms with Gasteiger partial charge in [-0.15, -0.1) is 0 Å². The van der Waals surface area contributed by atoms with E-state index in [1.807, 2.05) is 6.07 Å². The molecule has 0 spiro atoms. The summed E-state index contributed by atoms with van der Waals surface area (Å²) in [5.41, 5.74) is 9.46. The number of hydrogen-bond acceptors (Lipinski definition) is 3. The van der Waals surface area contributed by atoms with Gasteiger partial charge in [-0.3, -0.25) is 4.90 Å². The van der Waals surface area contributed by atoms with Crippen LogP contribution < -0.4 is 5.73 Å². The minimum atomic E-state index is 0.135. The van der Waals surface area contributed by atoms with E-state index < -0.39 is 0 Å². The van der Waals surface area contributed by atoms with Gasteiger partial charge in [0.1, 0.15) is 0 Å². The molecular weight excluding hydrogens is 200 g/mol. The number of rotatable bonds is 2. The van der Waals surface area contributed by atoms with Gasteiger partial charge in [0.15, 0.2) is 0 Å². The molecule has 0 aliphatic carbocycles. The van der Waals surface area contributed by atoms with Crippen LogP contribution in [0.5, 0.6) is 0 Å². The maximum absolute atomic E-state index is 9.02. The minimum Gasteiger partial charge on any atom is -0.399 e. The van der Waals surface area contributed by atoms with Crippen LogP contribution in [0.15, 0.2) is 18.2 Å². The van der Waals surface area contributed by atoms with Crippen LogP contribution in [-0.2, 0) is 12.0 Å².